The molecule has 0 spiro atoms. The van der Waals surface area contributed by atoms with Crippen molar-refractivity contribution in [1.29, 1.82) is 0 Å². The van der Waals surface area contributed by atoms with Crippen molar-refractivity contribution < 1.29 is 0 Å². The van der Waals surface area contributed by atoms with Gasteiger partial charge in [-0.2, -0.15) is 0 Å². The third-order valence-electron chi connectivity index (χ3n) is 3.34. The number of hydrogen-bond donors (Lipinski definition) is 0. The summed E-state index contributed by atoms with van der Waals surface area (Å²) in [7, 11) is 3.95. The van der Waals surface area contributed by atoms with Crippen LogP contribution in [0.5, 0.6) is 0 Å². The largest absolute Gasteiger partial charge is 0.369 e. The molecule has 0 unspecified atom stereocenters. The van der Waals surface area contributed by atoms with Gasteiger partial charge in [-0.3, -0.25) is 4.99 Å². The van der Waals surface area contributed by atoms with Gasteiger partial charge in [-0.05, 0) is 26.3 Å². The van der Waals surface area contributed by atoms with Crippen LogP contribution in [0, 0.1) is 0 Å². The highest BCUT2D eigenvalue weighted by atomic mass is 15.2. The van der Waals surface area contributed by atoms with Crippen LogP contribution in [0.15, 0.2) is 29.3 Å². The zero-order chi connectivity index (χ0) is 12.2. The van der Waals surface area contributed by atoms with Gasteiger partial charge in [0, 0.05) is 37.1 Å². The fourth-order valence-electron chi connectivity index (χ4n) is 1.60. The number of rotatable bonds is 4. The minimum atomic E-state index is 0.164. The summed E-state index contributed by atoms with van der Waals surface area (Å²) in [6.07, 6.45) is 3.03. The van der Waals surface area contributed by atoms with Crippen molar-refractivity contribution in [3.8, 4) is 0 Å². The van der Waals surface area contributed by atoms with Crippen LogP contribution in [0.1, 0.15) is 32.8 Å². The van der Waals surface area contributed by atoms with Gasteiger partial charge >= 0.3 is 0 Å². The first-order chi connectivity index (χ1) is 7.53. The maximum absolute atomic E-state index is 4.11. The normalized spacial score (nSPS) is 12.1. The Labute approximate surface area is 99.0 Å². The van der Waals surface area contributed by atoms with Crippen molar-refractivity contribution in [1.82, 2.24) is 0 Å². The van der Waals surface area contributed by atoms with Crippen molar-refractivity contribution in [3.63, 3.8) is 0 Å². The van der Waals surface area contributed by atoms with Crippen LogP contribution < -0.4 is 4.90 Å². The summed E-state index contributed by atoms with van der Waals surface area (Å²) in [4.78, 5) is 6.43. The highest BCUT2D eigenvalue weighted by Gasteiger charge is 2.22. The first-order valence-electron chi connectivity index (χ1n) is 5.78. The van der Waals surface area contributed by atoms with Crippen LogP contribution >= 0.6 is 0 Å². The molecule has 0 aliphatic heterocycles. The van der Waals surface area contributed by atoms with E-state index in [4.69, 9.17) is 0 Å². The average Bonchev–Trinajstić information content (AvgIpc) is 2.29. The Hall–Kier alpha value is -1.31. The van der Waals surface area contributed by atoms with Crippen LogP contribution in [0.3, 0.4) is 0 Å². The van der Waals surface area contributed by atoms with E-state index in [1.807, 2.05) is 19.3 Å². The van der Waals surface area contributed by atoms with E-state index >= 15 is 0 Å². The van der Waals surface area contributed by atoms with Crippen molar-refractivity contribution in [2.45, 2.75) is 32.7 Å². The lowest BCUT2D eigenvalue weighted by atomic mass is 9.98. The summed E-state index contributed by atoms with van der Waals surface area (Å²) < 4.78 is 0. The smallest absolute Gasteiger partial charge is 0.0457 e. The first kappa shape index (κ1) is 12.8. The molecule has 1 aromatic rings. The third kappa shape index (κ3) is 2.63. The van der Waals surface area contributed by atoms with Crippen molar-refractivity contribution >= 4 is 11.9 Å². The minimum Gasteiger partial charge on any atom is -0.369 e. The molecule has 16 heavy (non-hydrogen) atoms. The van der Waals surface area contributed by atoms with E-state index in [0.29, 0.717) is 0 Å². The molecule has 2 nitrogen and oxygen atoms in total. The lowest BCUT2D eigenvalue weighted by Gasteiger charge is -2.37. The topological polar surface area (TPSA) is 15.6 Å². The number of hydrogen-bond acceptors (Lipinski definition) is 2. The van der Waals surface area contributed by atoms with Crippen LogP contribution in [-0.2, 0) is 0 Å². The molecule has 0 fully saturated rings. The van der Waals surface area contributed by atoms with Gasteiger partial charge < -0.3 is 4.90 Å². The molecule has 0 N–H and O–H groups in total. The van der Waals surface area contributed by atoms with Crippen LogP contribution in [0.4, 0.5) is 5.69 Å². The number of aliphatic imine (C=N–C) groups is 1. The number of benzene rings is 1. The van der Waals surface area contributed by atoms with Gasteiger partial charge in [-0.15, -0.1) is 0 Å². The van der Waals surface area contributed by atoms with Crippen LogP contribution in [-0.4, -0.2) is 25.8 Å². The van der Waals surface area contributed by atoms with Gasteiger partial charge in [0.05, 0.1) is 0 Å². The number of anilines is 1. The average molecular weight is 218 g/mol. The molecule has 1 aromatic carbocycles. The maximum atomic E-state index is 4.11. The molecular weight excluding hydrogens is 196 g/mol. The Balaban J connectivity index is 3.12. The number of nitrogens with zero attached hydrogens (tertiary/aromatic N) is 2. The van der Waals surface area contributed by atoms with Crippen molar-refractivity contribution in [2.75, 3.05) is 19.0 Å². The molecule has 1 rings (SSSR count). The molecule has 2 heteroatoms. The zero-order valence-corrected chi connectivity index (χ0v) is 11.0. The molecule has 0 amide bonds. The molecule has 0 radical (unpaired) electrons. The van der Waals surface area contributed by atoms with E-state index < -0.39 is 0 Å². The van der Waals surface area contributed by atoms with Crippen molar-refractivity contribution in [3.05, 3.63) is 29.8 Å². The molecule has 0 heterocycles. The third-order valence-corrected chi connectivity index (χ3v) is 3.34. The van der Waals surface area contributed by atoms with E-state index in [2.05, 4.69) is 55.9 Å². The number of para-hydroxylation sites is 1. The predicted molar refractivity (Wildman–Crippen MR) is 72.7 cm³/mol. The standard InChI is InChI=1S/C14H22N2/c1-6-14(2,3)16(5)13-10-8-7-9-12(13)11-15-4/h7-11H,6H2,1-5H3/b15-11-. The first-order valence-corrected chi connectivity index (χ1v) is 5.78. The summed E-state index contributed by atoms with van der Waals surface area (Å²) >= 11 is 0. The minimum absolute atomic E-state index is 0.164. The molecule has 0 aliphatic rings. The Morgan fingerprint density at radius 1 is 1.31 bits per heavy atom. The van der Waals surface area contributed by atoms with E-state index in [9.17, 15) is 0 Å². The van der Waals surface area contributed by atoms with Gasteiger partial charge in [0.2, 0.25) is 0 Å². The molecular formula is C14H22N2. The molecule has 0 aliphatic carbocycles. The van der Waals surface area contributed by atoms with E-state index in [0.717, 1.165) is 6.42 Å². The molecule has 0 bridgehead atoms. The van der Waals surface area contributed by atoms with Crippen LogP contribution in [0.25, 0.3) is 0 Å². The molecule has 0 atom stereocenters. The molecule has 88 valence electrons. The molecule has 0 aromatic heterocycles. The second-order valence-corrected chi connectivity index (χ2v) is 4.67. The van der Waals surface area contributed by atoms with Crippen molar-refractivity contribution in [2.24, 2.45) is 4.99 Å². The van der Waals surface area contributed by atoms with E-state index in [1.54, 1.807) is 0 Å². The highest BCUT2D eigenvalue weighted by molar-refractivity contribution is 5.88. The Morgan fingerprint density at radius 2 is 1.94 bits per heavy atom. The lowest BCUT2D eigenvalue weighted by Crippen LogP contribution is -2.41. The van der Waals surface area contributed by atoms with E-state index in [1.165, 1.54) is 11.3 Å². The second-order valence-electron chi connectivity index (χ2n) is 4.67. The Kier molecular flexibility index (Phi) is 4.11. The summed E-state index contributed by atoms with van der Waals surface area (Å²) in [5.74, 6) is 0. The summed E-state index contributed by atoms with van der Waals surface area (Å²) in [5, 5.41) is 0. The van der Waals surface area contributed by atoms with Gasteiger partial charge in [0.15, 0.2) is 0 Å². The molecule has 0 saturated heterocycles. The molecule has 0 saturated carbocycles. The SMILES string of the molecule is CCC(C)(C)N(C)c1ccccc1/C=N\C. The van der Waals surface area contributed by atoms with Gasteiger partial charge in [-0.25, -0.2) is 0 Å². The summed E-state index contributed by atoms with van der Waals surface area (Å²) in [6, 6.07) is 8.37. The fraction of sp³-hybridized carbons (Fsp3) is 0.500. The van der Waals surface area contributed by atoms with E-state index in [-0.39, 0.29) is 5.54 Å². The lowest BCUT2D eigenvalue weighted by molar-refractivity contribution is 0.470. The Morgan fingerprint density at radius 3 is 2.50 bits per heavy atom. The van der Waals surface area contributed by atoms with Gasteiger partial charge in [0.1, 0.15) is 0 Å². The highest BCUT2D eigenvalue weighted by Crippen LogP contribution is 2.26. The zero-order valence-electron chi connectivity index (χ0n) is 11.0. The summed E-state index contributed by atoms with van der Waals surface area (Å²) in [6.45, 7) is 6.73. The predicted octanol–water partition coefficient (Wildman–Crippen LogP) is 3.36. The maximum Gasteiger partial charge on any atom is 0.0457 e. The van der Waals surface area contributed by atoms with Gasteiger partial charge in [0.25, 0.3) is 0 Å². The van der Waals surface area contributed by atoms with Crippen LogP contribution in [0.2, 0.25) is 0 Å². The monoisotopic (exact) mass is 218 g/mol. The quantitative estimate of drug-likeness (QED) is 0.708. The second kappa shape index (κ2) is 5.15. The Bertz CT molecular complexity index is 367. The fourth-order valence-corrected chi connectivity index (χ4v) is 1.60. The van der Waals surface area contributed by atoms with Gasteiger partial charge in [-0.1, -0.05) is 25.1 Å². The summed E-state index contributed by atoms with van der Waals surface area (Å²) in [5.41, 5.74) is 2.58.